The third-order valence-corrected chi connectivity index (χ3v) is 3.02. The number of aromatic nitrogens is 3. The van der Waals surface area contributed by atoms with Crippen LogP contribution in [0.3, 0.4) is 0 Å². The third-order valence-electron chi connectivity index (χ3n) is 3.02. The quantitative estimate of drug-likeness (QED) is 0.815. The van der Waals surface area contributed by atoms with Gasteiger partial charge in [-0.2, -0.15) is 0 Å². The van der Waals surface area contributed by atoms with Gasteiger partial charge in [-0.05, 0) is 31.1 Å². The molecule has 5 nitrogen and oxygen atoms in total. The standard InChI is InChI=1S/C11H14N4O/c1-16-9-2-3-10-13-14-11(15(10)7-9)4-8-5-12-6-8/h2-3,7-8,12H,4-6H2,1H3. The molecule has 0 amide bonds. The summed E-state index contributed by atoms with van der Waals surface area (Å²) >= 11 is 0. The number of fused-ring (bicyclic) bond motifs is 1. The van der Waals surface area contributed by atoms with Gasteiger partial charge in [-0.3, -0.25) is 4.40 Å². The van der Waals surface area contributed by atoms with Gasteiger partial charge in [-0.15, -0.1) is 10.2 Å². The average molecular weight is 218 g/mol. The van der Waals surface area contributed by atoms with E-state index in [0.29, 0.717) is 5.92 Å². The molecule has 84 valence electrons. The number of nitrogens with zero attached hydrogens (tertiary/aromatic N) is 3. The molecule has 3 heterocycles. The lowest BCUT2D eigenvalue weighted by atomic mass is 9.99. The second-order valence-corrected chi connectivity index (χ2v) is 4.14. The van der Waals surface area contributed by atoms with Crippen LogP contribution in [0.15, 0.2) is 18.3 Å². The highest BCUT2D eigenvalue weighted by Gasteiger charge is 2.19. The number of ether oxygens (including phenoxy) is 1. The Morgan fingerprint density at radius 3 is 3.00 bits per heavy atom. The van der Waals surface area contributed by atoms with Crippen molar-refractivity contribution in [3.63, 3.8) is 0 Å². The summed E-state index contributed by atoms with van der Waals surface area (Å²) < 4.78 is 7.21. The minimum absolute atomic E-state index is 0.693. The van der Waals surface area contributed by atoms with Crippen molar-refractivity contribution in [1.29, 1.82) is 0 Å². The maximum absolute atomic E-state index is 5.20. The Bertz CT molecular complexity index is 504. The molecule has 1 saturated heterocycles. The van der Waals surface area contributed by atoms with Crippen molar-refractivity contribution in [2.24, 2.45) is 5.92 Å². The molecule has 2 aromatic heterocycles. The van der Waals surface area contributed by atoms with Crippen LogP contribution in [-0.2, 0) is 6.42 Å². The third kappa shape index (κ3) is 1.53. The van der Waals surface area contributed by atoms with Crippen LogP contribution in [-0.4, -0.2) is 34.8 Å². The molecule has 0 bridgehead atoms. The average Bonchev–Trinajstić information content (AvgIpc) is 2.65. The summed E-state index contributed by atoms with van der Waals surface area (Å²) in [4.78, 5) is 0. The van der Waals surface area contributed by atoms with Gasteiger partial charge in [0.25, 0.3) is 0 Å². The van der Waals surface area contributed by atoms with Gasteiger partial charge < -0.3 is 10.1 Å². The van der Waals surface area contributed by atoms with Gasteiger partial charge in [-0.1, -0.05) is 0 Å². The van der Waals surface area contributed by atoms with Crippen molar-refractivity contribution in [2.45, 2.75) is 6.42 Å². The smallest absolute Gasteiger partial charge is 0.161 e. The molecule has 0 atom stereocenters. The number of nitrogens with one attached hydrogen (secondary N) is 1. The van der Waals surface area contributed by atoms with E-state index < -0.39 is 0 Å². The van der Waals surface area contributed by atoms with Crippen molar-refractivity contribution >= 4 is 5.65 Å². The molecule has 0 radical (unpaired) electrons. The van der Waals surface area contributed by atoms with Gasteiger partial charge in [0.05, 0.1) is 13.3 Å². The van der Waals surface area contributed by atoms with E-state index in [1.165, 1.54) is 0 Å². The monoisotopic (exact) mass is 218 g/mol. The highest BCUT2D eigenvalue weighted by Crippen LogP contribution is 2.16. The predicted octanol–water partition coefficient (Wildman–Crippen LogP) is 0.500. The summed E-state index contributed by atoms with van der Waals surface area (Å²) in [5.41, 5.74) is 0.878. The molecule has 2 aromatic rings. The van der Waals surface area contributed by atoms with E-state index in [4.69, 9.17) is 4.74 Å². The SMILES string of the molecule is COc1ccc2nnc(CC3CNC3)n2c1. The molecule has 0 aromatic carbocycles. The number of rotatable bonds is 3. The molecule has 0 aliphatic carbocycles. The summed E-state index contributed by atoms with van der Waals surface area (Å²) in [6.45, 7) is 2.16. The maximum atomic E-state index is 5.20. The largest absolute Gasteiger partial charge is 0.495 e. The minimum atomic E-state index is 0.693. The first-order valence-corrected chi connectivity index (χ1v) is 5.45. The van der Waals surface area contributed by atoms with Crippen LogP contribution >= 0.6 is 0 Å². The molecule has 16 heavy (non-hydrogen) atoms. The lowest BCUT2D eigenvalue weighted by Gasteiger charge is -2.26. The second-order valence-electron chi connectivity index (χ2n) is 4.14. The van der Waals surface area contributed by atoms with Crippen molar-refractivity contribution in [2.75, 3.05) is 20.2 Å². The Balaban J connectivity index is 1.96. The molecule has 1 aliphatic rings. The van der Waals surface area contributed by atoms with Crippen molar-refractivity contribution in [3.8, 4) is 5.75 Å². The van der Waals surface area contributed by atoms with E-state index in [-0.39, 0.29) is 0 Å². The predicted molar refractivity (Wildman–Crippen MR) is 59.6 cm³/mol. The Kier molecular flexibility index (Phi) is 2.25. The highest BCUT2D eigenvalue weighted by atomic mass is 16.5. The van der Waals surface area contributed by atoms with Gasteiger partial charge in [-0.25, -0.2) is 0 Å². The fourth-order valence-corrected chi connectivity index (χ4v) is 1.93. The van der Waals surface area contributed by atoms with Crippen LogP contribution in [0.5, 0.6) is 5.75 Å². The first kappa shape index (κ1) is 9.59. The van der Waals surface area contributed by atoms with Crippen LogP contribution in [0.4, 0.5) is 0 Å². The molecule has 0 unspecified atom stereocenters. The zero-order valence-corrected chi connectivity index (χ0v) is 9.18. The minimum Gasteiger partial charge on any atom is -0.495 e. The lowest BCUT2D eigenvalue weighted by Crippen LogP contribution is -2.43. The molecular formula is C11H14N4O. The van der Waals surface area contributed by atoms with Gasteiger partial charge in [0.1, 0.15) is 11.6 Å². The summed E-state index contributed by atoms with van der Waals surface area (Å²) in [6.07, 6.45) is 2.91. The van der Waals surface area contributed by atoms with E-state index in [2.05, 4.69) is 15.5 Å². The Labute approximate surface area is 93.4 Å². The fraction of sp³-hybridized carbons (Fsp3) is 0.455. The second kappa shape index (κ2) is 3.75. The van der Waals surface area contributed by atoms with Gasteiger partial charge in [0.15, 0.2) is 5.65 Å². The lowest BCUT2D eigenvalue weighted by molar-refractivity contribution is 0.340. The highest BCUT2D eigenvalue weighted by molar-refractivity contribution is 5.41. The number of hydrogen-bond acceptors (Lipinski definition) is 4. The van der Waals surface area contributed by atoms with Gasteiger partial charge >= 0.3 is 0 Å². The molecule has 1 fully saturated rings. The van der Waals surface area contributed by atoms with E-state index in [9.17, 15) is 0 Å². The van der Waals surface area contributed by atoms with Gasteiger partial charge in [0, 0.05) is 6.42 Å². The fourth-order valence-electron chi connectivity index (χ4n) is 1.93. The molecule has 5 heteroatoms. The zero-order chi connectivity index (χ0) is 11.0. The van der Waals surface area contributed by atoms with Crippen LogP contribution < -0.4 is 10.1 Å². The van der Waals surface area contributed by atoms with E-state index >= 15 is 0 Å². The van der Waals surface area contributed by atoms with Crippen LogP contribution in [0, 0.1) is 5.92 Å². The van der Waals surface area contributed by atoms with Crippen molar-refractivity contribution < 1.29 is 4.74 Å². The van der Waals surface area contributed by atoms with E-state index in [0.717, 1.165) is 36.7 Å². The molecule has 0 saturated carbocycles. The normalized spacial score (nSPS) is 16.3. The molecule has 0 spiro atoms. The Morgan fingerprint density at radius 1 is 1.44 bits per heavy atom. The Hall–Kier alpha value is -1.62. The zero-order valence-electron chi connectivity index (χ0n) is 9.18. The van der Waals surface area contributed by atoms with Gasteiger partial charge in [0.2, 0.25) is 0 Å². The van der Waals surface area contributed by atoms with E-state index in [1.54, 1.807) is 7.11 Å². The summed E-state index contributed by atoms with van der Waals surface area (Å²) in [5.74, 6) is 2.54. The van der Waals surface area contributed by atoms with Crippen molar-refractivity contribution in [3.05, 3.63) is 24.2 Å². The molecule has 3 rings (SSSR count). The summed E-state index contributed by atoms with van der Waals surface area (Å²) in [6, 6.07) is 3.83. The number of pyridine rings is 1. The summed E-state index contributed by atoms with van der Waals surface area (Å²) in [5, 5.41) is 11.6. The van der Waals surface area contributed by atoms with Crippen molar-refractivity contribution in [1.82, 2.24) is 19.9 Å². The topological polar surface area (TPSA) is 51.5 Å². The molecule has 1 aliphatic heterocycles. The van der Waals surface area contributed by atoms with Crippen LogP contribution in [0.25, 0.3) is 5.65 Å². The first-order chi connectivity index (χ1) is 7.86. The summed E-state index contributed by atoms with van der Waals surface area (Å²) in [7, 11) is 1.67. The number of methoxy groups -OCH3 is 1. The van der Waals surface area contributed by atoms with E-state index in [1.807, 2.05) is 22.7 Å². The van der Waals surface area contributed by atoms with Crippen LogP contribution in [0.1, 0.15) is 5.82 Å². The molecular weight excluding hydrogens is 204 g/mol. The Morgan fingerprint density at radius 2 is 2.31 bits per heavy atom. The molecule has 1 N–H and O–H groups in total. The van der Waals surface area contributed by atoms with Crippen LogP contribution in [0.2, 0.25) is 0 Å². The number of hydrogen-bond donors (Lipinski definition) is 1. The maximum Gasteiger partial charge on any atom is 0.161 e. The first-order valence-electron chi connectivity index (χ1n) is 5.45.